The van der Waals surface area contributed by atoms with Crippen LogP contribution in [0.3, 0.4) is 0 Å². The molecule has 120 heavy (non-hydrogen) atoms. The first-order valence-electron chi connectivity index (χ1n) is 36.5. The number of benzene rings is 1. The van der Waals surface area contributed by atoms with Crippen molar-refractivity contribution in [3.05, 3.63) is 373 Å². The predicted molar refractivity (Wildman–Crippen MR) is 449 cm³/mol. The molecule has 4 N–H and O–H groups in total. The third-order valence-electron chi connectivity index (χ3n) is 16.3. The van der Waals surface area contributed by atoms with Crippen LogP contribution in [-0.2, 0) is 19.2 Å². The first-order chi connectivity index (χ1) is 57.6. The van der Waals surface area contributed by atoms with Crippen molar-refractivity contribution in [3.63, 3.8) is 0 Å². The minimum atomic E-state index is -0.641. The van der Waals surface area contributed by atoms with Crippen molar-refractivity contribution in [3.8, 4) is 0 Å². The third kappa shape index (κ3) is 29.2. The van der Waals surface area contributed by atoms with Crippen molar-refractivity contribution < 1.29 is 87.5 Å². The zero-order chi connectivity index (χ0) is 86.0. The average molecular weight is 1630 g/mol. The van der Waals surface area contributed by atoms with E-state index in [1.807, 2.05) is 127 Å². The van der Waals surface area contributed by atoms with Gasteiger partial charge in [-0.3, -0.25) is 59.6 Å². The fraction of sp³-hybridized carbons (Fsp3) is 0.124. The summed E-state index contributed by atoms with van der Waals surface area (Å²) in [4.78, 5) is 87.4. The van der Waals surface area contributed by atoms with Gasteiger partial charge in [-0.1, -0.05) is 35.9 Å². The maximum absolute atomic E-state index is 12.5. The number of guanidine groups is 1. The second-order valence-corrected chi connectivity index (χ2v) is 25.8. The van der Waals surface area contributed by atoms with Gasteiger partial charge in [0.15, 0.2) is 23.1 Å². The molecule has 0 unspecified atom stereocenters. The Hall–Kier alpha value is -16.3. The highest BCUT2D eigenvalue weighted by Crippen LogP contribution is 2.32. The lowest BCUT2D eigenvalue weighted by Gasteiger charge is -2.15. The van der Waals surface area contributed by atoms with E-state index in [-0.39, 0.29) is 58.4 Å². The summed E-state index contributed by atoms with van der Waals surface area (Å²) in [6, 6.07) is 44.5. The summed E-state index contributed by atoms with van der Waals surface area (Å²) in [6.45, 7) is 11.3. The number of furan rings is 11. The molecule has 0 radical (unpaired) electrons. The van der Waals surface area contributed by atoms with Crippen LogP contribution in [0.25, 0.3) is 72.9 Å². The second-order valence-electron chi connectivity index (χ2n) is 25.8. The maximum Gasteiger partial charge on any atom is 0.433 e. The number of aryl methyl sites for hydroxylation is 6. The van der Waals surface area contributed by atoms with E-state index < -0.39 is 19.7 Å². The molecule has 31 nitrogen and oxygen atoms in total. The van der Waals surface area contributed by atoms with Gasteiger partial charge in [0.2, 0.25) is 5.96 Å². The number of hydrogen-bond donors (Lipinski definition) is 2. The van der Waals surface area contributed by atoms with Gasteiger partial charge in [-0.15, -0.1) is 10.2 Å². The van der Waals surface area contributed by atoms with E-state index >= 15 is 0 Å². The Bertz CT molecular complexity index is 5860. The largest absolute Gasteiger partial charge is 0.465 e. The number of carbonyl (C=O) groups is 4. The van der Waals surface area contributed by atoms with Gasteiger partial charge in [-0.25, -0.2) is 0 Å². The first-order valence-corrected chi connectivity index (χ1v) is 36.5. The Kier molecular flexibility index (Phi) is 32.0. The van der Waals surface area contributed by atoms with Crippen LogP contribution in [0, 0.1) is 82.0 Å². The summed E-state index contributed by atoms with van der Waals surface area (Å²) in [5.74, 6) is 8.14. The molecule has 0 bridgehead atoms. The molecule has 31 heteroatoms. The average Bonchev–Trinajstić information content (AvgIpc) is 1.71. The Labute approximate surface area is 683 Å². The Balaban J connectivity index is 0.000000165. The molecule has 2 aliphatic carbocycles. The van der Waals surface area contributed by atoms with Gasteiger partial charge in [0.25, 0.3) is 0 Å². The highest BCUT2D eigenvalue weighted by molar-refractivity contribution is 6.16. The van der Waals surface area contributed by atoms with Gasteiger partial charge < -0.3 is 60.1 Å². The van der Waals surface area contributed by atoms with Crippen LogP contribution in [0.2, 0.25) is 0 Å². The molecule has 0 spiro atoms. The lowest BCUT2D eigenvalue weighted by atomic mass is 9.88. The minimum absolute atomic E-state index is 0.0654. The van der Waals surface area contributed by atoms with E-state index in [4.69, 9.17) is 60.1 Å². The molecule has 2 aliphatic rings. The molecule has 2 fully saturated rings. The highest BCUT2D eigenvalue weighted by Gasteiger charge is 2.25. The number of nitrogens with two attached hydrogens (primary N) is 2. The molecule has 0 saturated heterocycles. The molecule has 0 atom stereocenters. The van der Waals surface area contributed by atoms with Crippen LogP contribution in [0.1, 0.15) is 135 Å². The third-order valence-corrected chi connectivity index (χ3v) is 16.3. The number of allylic oxidation sites excluding steroid dienone is 10. The van der Waals surface area contributed by atoms with Crippen molar-refractivity contribution in [2.45, 2.75) is 73.6 Å². The van der Waals surface area contributed by atoms with Gasteiger partial charge in [-0.2, -0.15) is 0 Å². The summed E-state index contributed by atoms with van der Waals surface area (Å²) >= 11 is 0. The van der Waals surface area contributed by atoms with Crippen LogP contribution in [0.5, 0.6) is 0 Å². The molecule has 0 aliphatic heterocycles. The first kappa shape index (κ1) is 87.6. The van der Waals surface area contributed by atoms with Crippen molar-refractivity contribution in [2.75, 3.05) is 0 Å². The van der Waals surface area contributed by atoms with Crippen LogP contribution in [-0.4, -0.2) is 54.5 Å². The van der Waals surface area contributed by atoms with Crippen LogP contribution >= 0.6 is 0 Å². The lowest BCUT2D eigenvalue weighted by Crippen LogP contribution is -2.22. The van der Waals surface area contributed by atoms with Gasteiger partial charge >= 0.3 is 23.5 Å². The van der Waals surface area contributed by atoms with E-state index in [9.17, 15) is 59.6 Å². The molecule has 2 saturated carbocycles. The molecule has 12 aromatic rings. The van der Waals surface area contributed by atoms with Gasteiger partial charge in [0.05, 0.1) is 42.5 Å². The molecular formula is C89H78N8O23. The molecule has 612 valence electrons. The van der Waals surface area contributed by atoms with Crippen molar-refractivity contribution in [1.82, 2.24) is 0 Å². The number of ketones is 4. The predicted octanol–water partition coefficient (Wildman–Crippen LogP) is 21.3. The number of Topliss-reactive ketones (excluding diaryl/α,β-unsaturated/α-hetero) is 2. The fourth-order valence-electron chi connectivity index (χ4n) is 10.6. The smallest absolute Gasteiger partial charge is 0.433 e. The molecular weight excluding hydrogens is 1550 g/mol. The topological polar surface area (TPSA) is 462 Å². The number of rotatable bonds is 23. The quantitative estimate of drug-likeness (QED) is 0.0197. The lowest BCUT2D eigenvalue weighted by molar-refractivity contribution is -0.402. The number of hydrogen-bond acceptors (Lipinski definition) is 25. The Morgan fingerprint density at radius 1 is 0.333 bits per heavy atom. The fourth-order valence-corrected chi connectivity index (χ4v) is 10.6. The van der Waals surface area contributed by atoms with Gasteiger partial charge in [0, 0.05) is 22.3 Å². The summed E-state index contributed by atoms with van der Waals surface area (Å²) in [7, 11) is 0. The van der Waals surface area contributed by atoms with Crippen LogP contribution in [0.4, 0.5) is 23.5 Å². The summed E-state index contributed by atoms with van der Waals surface area (Å²) in [5.41, 5.74) is 16.0. The zero-order valence-corrected chi connectivity index (χ0v) is 65.3. The van der Waals surface area contributed by atoms with E-state index in [2.05, 4.69) is 10.2 Å². The van der Waals surface area contributed by atoms with E-state index in [1.165, 1.54) is 84.5 Å². The van der Waals surface area contributed by atoms with Gasteiger partial charge in [0.1, 0.15) is 112 Å². The standard InChI is InChI=1S/C17H15NO5.C17H16O3.C15H15N5O4.C14H11NO5.C13H11NO3.C13H10O3/c1-11-5-6-14(22-11)9-12-3-2-4-13(17(12)19)10-15-7-8-16(23-15)18(20)21;1-11-3-7-15(19-11)9-13-5-6-14(17(13)18)10-16-8-4-12(2)20-16;1-10-2-5-12(23-10)6-3-11(18-19-15(16)17)4-7-13-8-9-14(24-13)20(21)22;1-10-2-5-12(19-10)6-3-11(16)4-7-13-8-9-14(20-13)15(17)18;1-10-2-4-11(5-3-10)6-7-12-8-9-13(17-12)14(15)16;14-11(5-7-12-3-1-9-15-12)6-8-13-4-2-10-16-13/h5-10H,2-4H2,1H3;3-4,7-10H,5-6H2,1-2H3;2-9H,1H3,(H4,16,17,19);2-9H,1H3;2-9H,1H3;1-10H/b12-9-,13-10+;13-9+,14-10+;6-3+,7-4+,18-11-;6-3-,7-4+;7-6+;7-5+,8-6+. The zero-order valence-electron chi connectivity index (χ0n) is 65.3. The monoisotopic (exact) mass is 1630 g/mol. The van der Waals surface area contributed by atoms with E-state index in [0.717, 1.165) is 76.3 Å². The number of carbonyl (C=O) groups excluding carboxylic acids is 4. The van der Waals surface area contributed by atoms with Crippen molar-refractivity contribution in [2.24, 2.45) is 21.7 Å². The normalized spacial score (nSPS) is 14.2. The van der Waals surface area contributed by atoms with Crippen molar-refractivity contribution >= 4 is 131 Å². The molecule has 11 aromatic heterocycles. The van der Waals surface area contributed by atoms with Crippen molar-refractivity contribution in [1.29, 1.82) is 0 Å². The molecule has 11 heterocycles. The molecule has 1 aromatic carbocycles. The summed E-state index contributed by atoms with van der Waals surface area (Å²) in [5, 5.41) is 49.5. The van der Waals surface area contributed by atoms with Crippen LogP contribution in [0.15, 0.2) is 288 Å². The van der Waals surface area contributed by atoms with Gasteiger partial charge in [-0.05, 0) is 292 Å². The Morgan fingerprint density at radius 3 is 0.942 bits per heavy atom. The number of nitrogens with zero attached hydrogens (tertiary/aromatic N) is 6. The number of nitro groups is 4. The van der Waals surface area contributed by atoms with E-state index in [1.54, 1.807) is 116 Å². The summed E-state index contributed by atoms with van der Waals surface area (Å²) < 4.78 is 57.2. The second kappa shape index (κ2) is 43.8. The van der Waals surface area contributed by atoms with Crippen LogP contribution < -0.4 is 11.5 Å². The Morgan fingerprint density at radius 2 is 0.625 bits per heavy atom. The minimum Gasteiger partial charge on any atom is -0.465 e. The summed E-state index contributed by atoms with van der Waals surface area (Å²) in [6.07, 6.45) is 35.3. The maximum atomic E-state index is 12.5. The van der Waals surface area contributed by atoms with E-state index in [0.29, 0.717) is 75.8 Å². The molecule has 0 amide bonds. The molecule has 14 rings (SSSR count). The highest BCUT2D eigenvalue weighted by atomic mass is 16.7. The SMILES string of the molecule is Cc1ccc(/C=C/C(/C=C/c2ccc([N+](=O)[O-])o2)=N/N=C(N)N)o1.Cc1ccc(/C=C/c2ccc([N+](=O)[O-])o2)cc1.Cc1ccc(/C=C2/CCC/C(=C\c3ccc([N+](=O)[O-])o3)C2=O)o1.Cc1ccc(/C=C2\CC/C(=C\c3ccc(C)o3)C2=O)o1.Cc1ccc(/C=C\C(=O)/C=C/c2ccc([N+](=O)[O-])o2)o1.O=C(/C=C/c1ccco1)/C=C/c1ccco1.